The Labute approximate surface area is 96.1 Å². The first-order valence-corrected chi connectivity index (χ1v) is 7.89. The fourth-order valence-electron chi connectivity index (χ4n) is 0.833. The number of rotatable bonds is 3. The maximum Gasteiger partial charge on any atom is 0.495 e. The van der Waals surface area contributed by atoms with Gasteiger partial charge < -0.3 is 5.53 Å². The molecule has 0 unspecified atom stereocenters. The normalized spacial score (nSPS) is 13.2. The van der Waals surface area contributed by atoms with Crippen molar-refractivity contribution in [3.63, 3.8) is 0 Å². The van der Waals surface area contributed by atoms with E-state index in [1.165, 1.54) is 20.8 Å². The minimum absolute atomic E-state index is 0.216. The van der Waals surface area contributed by atoms with E-state index >= 15 is 0 Å². The lowest BCUT2D eigenvalue weighted by Crippen LogP contribution is -2.41. The minimum Gasteiger partial charge on any atom is -0.359 e. The first-order valence-electron chi connectivity index (χ1n) is 4.76. The Kier molecular flexibility index (Phi) is 4.44. The highest BCUT2D eigenvalue weighted by Gasteiger charge is 2.49. The SMILES string of the molecule is CCC(C)(C)S(=O)(=O)C(=[N+]=[N-])S(=O)(=O)CC. The van der Waals surface area contributed by atoms with Crippen LogP contribution < -0.4 is 0 Å². The molecule has 0 aromatic heterocycles. The van der Waals surface area contributed by atoms with Gasteiger partial charge in [-0.1, -0.05) is 13.8 Å². The summed E-state index contributed by atoms with van der Waals surface area (Å²) in [5.74, 6) is -0.425. The Morgan fingerprint density at radius 1 is 1.19 bits per heavy atom. The van der Waals surface area contributed by atoms with Crippen molar-refractivity contribution in [1.29, 1.82) is 0 Å². The summed E-state index contributed by atoms with van der Waals surface area (Å²) in [7, 11) is -8.21. The van der Waals surface area contributed by atoms with Gasteiger partial charge in [-0.05, 0) is 20.3 Å². The second-order valence-electron chi connectivity index (χ2n) is 3.89. The summed E-state index contributed by atoms with van der Waals surface area (Å²) in [4.78, 5) is 2.46. The molecule has 16 heavy (non-hydrogen) atoms. The van der Waals surface area contributed by atoms with E-state index in [4.69, 9.17) is 5.53 Å². The third kappa shape index (κ3) is 2.50. The van der Waals surface area contributed by atoms with Crippen LogP contribution in [0.4, 0.5) is 0 Å². The number of hydrogen-bond acceptors (Lipinski definition) is 4. The molecule has 0 radical (unpaired) electrons. The number of nitrogens with zero attached hydrogens (tertiary/aromatic N) is 2. The lowest BCUT2D eigenvalue weighted by Gasteiger charge is -2.19. The summed E-state index contributed by atoms with van der Waals surface area (Å²) in [6.45, 7) is 5.68. The van der Waals surface area contributed by atoms with E-state index in [1.54, 1.807) is 6.92 Å². The Morgan fingerprint density at radius 3 is 1.88 bits per heavy atom. The summed E-state index contributed by atoms with van der Waals surface area (Å²) in [6, 6.07) is 0. The molecule has 0 aliphatic rings. The van der Waals surface area contributed by atoms with Crippen molar-refractivity contribution in [2.75, 3.05) is 5.75 Å². The maximum absolute atomic E-state index is 12.0. The van der Waals surface area contributed by atoms with Crippen LogP contribution >= 0.6 is 0 Å². The Hall–Kier alpha value is -0.720. The third-order valence-electron chi connectivity index (χ3n) is 2.54. The van der Waals surface area contributed by atoms with Gasteiger partial charge in [0.05, 0.1) is 10.5 Å². The smallest absolute Gasteiger partial charge is 0.359 e. The van der Waals surface area contributed by atoms with Crippen LogP contribution in [0.15, 0.2) is 0 Å². The molecule has 0 bridgehead atoms. The summed E-state index contributed by atoms with van der Waals surface area (Å²) in [5, 5.41) is 0. The van der Waals surface area contributed by atoms with Crippen molar-refractivity contribution < 1.29 is 21.6 Å². The predicted molar refractivity (Wildman–Crippen MR) is 61.4 cm³/mol. The second-order valence-corrected chi connectivity index (χ2v) is 8.84. The number of sulfone groups is 2. The molecule has 0 atom stereocenters. The van der Waals surface area contributed by atoms with E-state index in [9.17, 15) is 16.8 Å². The van der Waals surface area contributed by atoms with E-state index < -0.39 is 34.6 Å². The van der Waals surface area contributed by atoms with Gasteiger partial charge in [-0.3, -0.25) is 0 Å². The van der Waals surface area contributed by atoms with Crippen molar-refractivity contribution in [3.8, 4) is 0 Å². The zero-order chi connectivity index (χ0) is 13.2. The van der Waals surface area contributed by atoms with Crippen LogP contribution in [0.3, 0.4) is 0 Å². The first-order chi connectivity index (χ1) is 7.06. The standard InChI is InChI=1S/C8H16N2O4S2/c1-5-8(3,4)16(13,14)7(10-9)15(11,12)6-2/h5-6H2,1-4H3. The molecule has 0 aromatic carbocycles. The van der Waals surface area contributed by atoms with Crippen LogP contribution in [-0.2, 0) is 19.7 Å². The van der Waals surface area contributed by atoms with Crippen molar-refractivity contribution in [2.24, 2.45) is 0 Å². The third-order valence-corrected chi connectivity index (χ3v) is 7.62. The fraction of sp³-hybridized carbons (Fsp3) is 0.875. The average Bonchev–Trinajstić information content (AvgIpc) is 2.17. The van der Waals surface area contributed by atoms with Crippen molar-refractivity contribution >= 4 is 24.1 Å². The Morgan fingerprint density at radius 2 is 1.62 bits per heavy atom. The van der Waals surface area contributed by atoms with Gasteiger partial charge in [0.2, 0.25) is 0 Å². The lowest BCUT2D eigenvalue weighted by molar-refractivity contribution is 0.00365. The zero-order valence-electron chi connectivity index (χ0n) is 9.76. The molecule has 0 rings (SSSR count). The van der Waals surface area contributed by atoms with Gasteiger partial charge in [0, 0.05) is 0 Å². The molecule has 6 nitrogen and oxygen atoms in total. The van der Waals surface area contributed by atoms with Gasteiger partial charge in [-0.15, -0.1) is 4.79 Å². The van der Waals surface area contributed by atoms with E-state index in [-0.39, 0.29) is 6.42 Å². The molecule has 0 spiro atoms. The van der Waals surface area contributed by atoms with Crippen LogP contribution in [0.1, 0.15) is 34.1 Å². The van der Waals surface area contributed by atoms with Gasteiger partial charge in [0.15, 0.2) is 0 Å². The highest BCUT2D eigenvalue weighted by Crippen LogP contribution is 2.23. The molecule has 0 fully saturated rings. The maximum atomic E-state index is 12.0. The van der Waals surface area contributed by atoms with Gasteiger partial charge in [-0.2, -0.15) is 0 Å². The molecule has 94 valence electrons. The van der Waals surface area contributed by atoms with Gasteiger partial charge in [0.1, 0.15) is 0 Å². The van der Waals surface area contributed by atoms with Gasteiger partial charge >= 0.3 is 4.38 Å². The predicted octanol–water partition coefficient (Wildman–Crippen LogP) is 0.610. The summed E-state index contributed by atoms with van der Waals surface area (Å²) >= 11 is 0. The largest absolute Gasteiger partial charge is 0.495 e. The van der Waals surface area contributed by atoms with Gasteiger partial charge in [-0.25, -0.2) is 16.8 Å². The molecule has 8 heteroatoms. The second kappa shape index (κ2) is 4.65. The van der Waals surface area contributed by atoms with Crippen LogP contribution in [0.5, 0.6) is 0 Å². The van der Waals surface area contributed by atoms with Gasteiger partial charge in [0.25, 0.3) is 19.7 Å². The molecule has 0 N–H and O–H groups in total. The quantitative estimate of drug-likeness (QED) is 0.323. The summed E-state index contributed by atoms with van der Waals surface area (Å²) in [6.07, 6.45) is 0.216. The van der Waals surface area contributed by atoms with Crippen molar-refractivity contribution in [2.45, 2.75) is 38.9 Å². The molecule has 0 heterocycles. The van der Waals surface area contributed by atoms with E-state index in [2.05, 4.69) is 4.79 Å². The molecule has 0 aliphatic heterocycles. The van der Waals surface area contributed by atoms with Crippen LogP contribution in [0.2, 0.25) is 0 Å². The van der Waals surface area contributed by atoms with Crippen molar-refractivity contribution in [3.05, 3.63) is 5.53 Å². The summed E-state index contributed by atoms with van der Waals surface area (Å²) < 4.78 is 44.4. The highest BCUT2D eigenvalue weighted by atomic mass is 32.3. The van der Waals surface area contributed by atoms with Crippen LogP contribution in [-0.4, -0.2) is 36.5 Å². The Balaban J connectivity index is 5.97. The molecular formula is C8H16N2O4S2. The zero-order valence-corrected chi connectivity index (χ0v) is 11.4. The minimum atomic E-state index is -4.16. The lowest BCUT2D eigenvalue weighted by atomic mass is 10.1. The molecule has 0 amide bonds. The molecule has 0 saturated carbocycles. The topological polar surface area (TPSA) is 105 Å². The van der Waals surface area contributed by atoms with Crippen molar-refractivity contribution in [1.82, 2.24) is 0 Å². The molecule has 0 aliphatic carbocycles. The first kappa shape index (κ1) is 15.3. The molecule has 0 aromatic rings. The van der Waals surface area contributed by atoms with E-state index in [0.717, 1.165) is 0 Å². The molecular weight excluding hydrogens is 252 g/mol. The van der Waals surface area contributed by atoms with E-state index in [1.807, 2.05) is 0 Å². The average molecular weight is 268 g/mol. The Bertz CT molecular complexity index is 510. The number of hydrogen-bond donors (Lipinski definition) is 0. The van der Waals surface area contributed by atoms with Crippen LogP contribution in [0.25, 0.3) is 5.53 Å². The fourth-order valence-corrected chi connectivity index (χ4v) is 4.53. The summed E-state index contributed by atoms with van der Waals surface area (Å²) in [5.41, 5.74) is 8.62. The highest BCUT2D eigenvalue weighted by molar-refractivity contribution is 8.31. The monoisotopic (exact) mass is 268 g/mol. The van der Waals surface area contributed by atoms with Crippen LogP contribution in [0, 0.1) is 0 Å². The molecule has 0 saturated heterocycles. The van der Waals surface area contributed by atoms with E-state index in [0.29, 0.717) is 0 Å².